The van der Waals surface area contributed by atoms with E-state index in [0.29, 0.717) is 27.5 Å². The Kier molecular flexibility index (Phi) is 9.67. The van der Waals surface area contributed by atoms with E-state index >= 15 is 0 Å². The van der Waals surface area contributed by atoms with Crippen molar-refractivity contribution in [1.29, 1.82) is 0 Å². The topological polar surface area (TPSA) is 79.8 Å². The van der Waals surface area contributed by atoms with Crippen LogP contribution in [0.25, 0.3) is 0 Å². The molecule has 0 fully saturated rings. The molecule has 0 aliphatic carbocycles. The first-order valence-corrected chi connectivity index (χ1v) is 10.3. The van der Waals surface area contributed by atoms with Crippen molar-refractivity contribution in [2.75, 3.05) is 13.2 Å². The molecule has 0 atom stereocenters. The number of carbonyl (C=O) groups is 2. The van der Waals surface area contributed by atoms with Crippen LogP contribution in [0.1, 0.15) is 25.3 Å². The number of hydrazone groups is 1. The fraction of sp³-hybridized carbons (Fsp3) is 0.286. The second kappa shape index (κ2) is 12.2. The molecular weight excluding hydrogens is 458 g/mol. The van der Waals surface area contributed by atoms with Crippen molar-refractivity contribution in [2.24, 2.45) is 5.10 Å². The lowest BCUT2D eigenvalue weighted by Gasteiger charge is -2.08. The second-order valence-electron chi connectivity index (χ2n) is 6.36. The molecule has 8 heteroatoms. The Morgan fingerprint density at radius 1 is 1.14 bits per heavy atom. The fourth-order valence-electron chi connectivity index (χ4n) is 2.43. The largest absolute Gasteiger partial charge is 0.483 e. The standard InChI is InChI=1S/C21H23BrClN3O3/c1-15(12-20(27)24-11-5-8-16-6-3-2-4-7-16)25-26-21(28)14-29-19-10-9-17(23)13-18(19)22/h2-4,6-7,9-10,13H,5,8,11-12,14H2,1H3,(H,24,27)(H,26,28). The van der Waals surface area contributed by atoms with Gasteiger partial charge in [0.2, 0.25) is 5.91 Å². The van der Waals surface area contributed by atoms with Crippen molar-refractivity contribution >= 4 is 45.1 Å². The maximum absolute atomic E-state index is 11.9. The number of carbonyl (C=O) groups excluding carboxylic acids is 2. The van der Waals surface area contributed by atoms with Gasteiger partial charge in [0.25, 0.3) is 5.91 Å². The number of hydrogen-bond acceptors (Lipinski definition) is 4. The molecule has 2 aromatic rings. The number of benzene rings is 2. The predicted molar refractivity (Wildman–Crippen MR) is 118 cm³/mol. The molecular formula is C21H23BrClN3O3. The maximum atomic E-state index is 11.9. The zero-order valence-electron chi connectivity index (χ0n) is 16.1. The lowest BCUT2D eigenvalue weighted by atomic mass is 10.1. The predicted octanol–water partition coefficient (Wildman–Crippen LogP) is 4.11. The Morgan fingerprint density at radius 3 is 2.62 bits per heavy atom. The summed E-state index contributed by atoms with van der Waals surface area (Å²) in [6, 6.07) is 15.1. The third-order valence-electron chi connectivity index (χ3n) is 3.85. The first kappa shape index (κ1) is 22.9. The van der Waals surface area contributed by atoms with Crippen molar-refractivity contribution in [1.82, 2.24) is 10.7 Å². The molecule has 2 amide bonds. The number of aryl methyl sites for hydroxylation is 1. The first-order valence-electron chi connectivity index (χ1n) is 9.14. The van der Waals surface area contributed by atoms with Gasteiger partial charge in [-0.3, -0.25) is 9.59 Å². The highest BCUT2D eigenvalue weighted by Gasteiger charge is 2.07. The van der Waals surface area contributed by atoms with Crippen molar-refractivity contribution in [3.63, 3.8) is 0 Å². The summed E-state index contributed by atoms with van der Waals surface area (Å²) in [4.78, 5) is 23.8. The van der Waals surface area contributed by atoms with E-state index < -0.39 is 5.91 Å². The van der Waals surface area contributed by atoms with E-state index in [9.17, 15) is 9.59 Å². The van der Waals surface area contributed by atoms with Crippen LogP contribution in [0.4, 0.5) is 0 Å². The van der Waals surface area contributed by atoms with Gasteiger partial charge < -0.3 is 10.1 Å². The summed E-state index contributed by atoms with van der Waals surface area (Å²) in [6.45, 7) is 2.07. The monoisotopic (exact) mass is 479 g/mol. The Labute approximate surface area is 183 Å². The number of ether oxygens (including phenoxy) is 1. The van der Waals surface area contributed by atoms with Gasteiger partial charge in [-0.05, 0) is 59.5 Å². The third kappa shape index (κ3) is 9.11. The zero-order valence-corrected chi connectivity index (χ0v) is 18.4. The van der Waals surface area contributed by atoms with Crippen molar-refractivity contribution in [3.05, 3.63) is 63.6 Å². The van der Waals surface area contributed by atoms with Crippen LogP contribution in [0.5, 0.6) is 5.75 Å². The van der Waals surface area contributed by atoms with Gasteiger partial charge in [-0.1, -0.05) is 41.9 Å². The number of hydrogen-bond donors (Lipinski definition) is 2. The van der Waals surface area contributed by atoms with Crippen LogP contribution in [-0.2, 0) is 16.0 Å². The number of amides is 2. The number of nitrogens with zero attached hydrogens (tertiary/aromatic N) is 1. The summed E-state index contributed by atoms with van der Waals surface area (Å²) in [6.07, 6.45) is 1.89. The molecule has 2 aromatic carbocycles. The summed E-state index contributed by atoms with van der Waals surface area (Å²) in [5.74, 6) is -0.0514. The summed E-state index contributed by atoms with van der Waals surface area (Å²) in [5, 5.41) is 7.35. The van der Waals surface area contributed by atoms with Gasteiger partial charge >= 0.3 is 0 Å². The van der Waals surface area contributed by atoms with Gasteiger partial charge in [-0.2, -0.15) is 5.10 Å². The fourth-order valence-corrected chi connectivity index (χ4v) is 3.22. The van der Waals surface area contributed by atoms with E-state index in [1.165, 1.54) is 5.56 Å². The van der Waals surface area contributed by atoms with Crippen LogP contribution in [0.15, 0.2) is 58.1 Å². The quantitative estimate of drug-likeness (QED) is 0.305. The van der Waals surface area contributed by atoms with E-state index in [2.05, 4.69) is 43.9 Å². The van der Waals surface area contributed by atoms with Crippen LogP contribution in [0.3, 0.4) is 0 Å². The van der Waals surface area contributed by atoms with Crippen LogP contribution in [-0.4, -0.2) is 30.7 Å². The normalized spacial score (nSPS) is 11.1. The Hall–Kier alpha value is -2.38. The van der Waals surface area contributed by atoms with E-state index in [0.717, 1.165) is 12.8 Å². The number of halogens is 2. The molecule has 2 N–H and O–H groups in total. The Bertz CT molecular complexity index is 860. The highest BCUT2D eigenvalue weighted by Crippen LogP contribution is 2.27. The van der Waals surface area contributed by atoms with Gasteiger partial charge in [-0.25, -0.2) is 5.43 Å². The van der Waals surface area contributed by atoms with Crippen molar-refractivity contribution in [2.45, 2.75) is 26.2 Å². The SMILES string of the molecule is CC(CC(=O)NCCCc1ccccc1)=NNC(=O)COc1ccc(Cl)cc1Br. The van der Waals surface area contributed by atoms with E-state index in [1.807, 2.05) is 18.2 Å². The summed E-state index contributed by atoms with van der Waals surface area (Å²) in [5.41, 5.74) is 4.13. The molecule has 0 spiro atoms. The highest BCUT2D eigenvalue weighted by atomic mass is 79.9. The zero-order chi connectivity index (χ0) is 21.1. The molecule has 0 bridgehead atoms. The molecule has 0 radical (unpaired) electrons. The third-order valence-corrected chi connectivity index (χ3v) is 4.70. The van der Waals surface area contributed by atoms with Gasteiger partial charge in [-0.15, -0.1) is 0 Å². The highest BCUT2D eigenvalue weighted by molar-refractivity contribution is 9.10. The molecule has 154 valence electrons. The maximum Gasteiger partial charge on any atom is 0.277 e. The Morgan fingerprint density at radius 2 is 1.90 bits per heavy atom. The van der Waals surface area contributed by atoms with Crippen LogP contribution >= 0.6 is 27.5 Å². The number of nitrogens with one attached hydrogen (secondary N) is 2. The minimum Gasteiger partial charge on any atom is -0.483 e. The molecule has 29 heavy (non-hydrogen) atoms. The van der Waals surface area contributed by atoms with Gasteiger partial charge in [0, 0.05) is 17.3 Å². The average Bonchev–Trinajstić information content (AvgIpc) is 2.70. The Balaban J connectivity index is 1.63. The first-order chi connectivity index (χ1) is 13.9. The minimum atomic E-state index is -0.422. The van der Waals surface area contributed by atoms with E-state index in [-0.39, 0.29) is 18.9 Å². The smallest absolute Gasteiger partial charge is 0.277 e. The average molecular weight is 481 g/mol. The molecule has 0 aliphatic rings. The van der Waals surface area contributed by atoms with Crippen LogP contribution < -0.4 is 15.5 Å². The lowest BCUT2D eigenvalue weighted by Crippen LogP contribution is -2.29. The molecule has 0 unspecified atom stereocenters. The van der Waals surface area contributed by atoms with E-state index in [1.54, 1.807) is 25.1 Å². The minimum absolute atomic E-state index is 0.120. The van der Waals surface area contributed by atoms with Gasteiger partial charge in [0.05, 0.1) is 10.9 Å². The molecule has 0 saturated heterocycles. The molecule has 0 aliphatic heterocycles. The summed E-state index contributed by atoms with van der Waals surface area (Å²) in [7, 11) is 0. The summed E-state index contributed by atoms with van der Waals surface area (Å²) >= 11 is 9.17. The van der Waals surface area contributed by atoms with Gasteiger partial charge in [0.1, 0.15) is 5.75 Å². The molecule has 2 rings (SSSR count). The lowest BCUT2D eigenvalue weighted by molar-refractivity contribution is -0.123. The molecule has 0 saturated carbocycles. The molecule has 0 aromatic heterocycles. The van der Waals surface area contributed by atoms with Crippen molar-refractivity contribution < 1.29 is 14.3 Å². The van der Waals surface area contributed by atoms with Crippen molar-refractivity contribution in [3.8, 4) is 5.75 Å². The molecule has 0 heterocycles. The van der Waals surface area contributed by atoms with Crippen LogP contribution in [0.2, 0.25) is 5.02 Å². The van der Waals surface area contributed by atoms with Crippen LogP contribution in [0, 0.1) is 0 Å². The number of rotatable bonds is 10. The molecule has 6 nitrogen and oxygen atoms in total. The van der Waals surface area contributed by atoms with Gasteiger partial charge in [0.15, 0.2) is 6.61 Å². The summed E-state index contributed by atoms with van der Waals surface area (Å²) < 4.78 is 6.06. The second-order valence-corrected chi connectivity index (χ2v) is 7.65. The van der Waals surface area contributed by atoms with E-state index in [4.69, 9.17) is 16.3 Å².